The van der Waals surface area contributed by atoms with E-state index in [1.54, 1.807) is 20.2 Å². The molecule has 2 aromatic carbocycles. The minimum atomic E-state index is -3.87. The largest absolute Gasteiger partial charge is 0.496 e. The Labute approximate surface area is 180 Å². The number of anilines is 2. The molecule has 0 atom stereocenters. The molecule has 0 saturated heterocycles. The minimum Gasteiger partial charge on any atom is -0.496 e. The number of hydrogen-bond acceptors (Lipinski definition) is 7. The highest BCUT2D eigenvalue weighted by atomic mass is 32.2. The fourth-order valence-electron chi connectivity index (χ4n) is 3.14. The van der Waals surface area contributed by atoms with Crippen LogP contribution in [0.15, 0.2) is 65.8 Å². The van der Waals surface area contributed by atoms with Crippen LogP contribution in [0.3, 0.4) is 0 Å². The molecule has 0 aliphatic heterocycles. The van der Waals surface area contributed by atoms with Crippen LogP contribution in [0.25, 0.3) is 11.0 Å². The molecule has 31 heavy (non-hydrogen) atoms. The number of hydrogen-bond donors (Lipinski definition) is 2. The average molecular weight is 439 g/mol. The van der Waals surface area contributed by atoms with Crippen molar-refractivity contribution in [2.24, 2.45) is 7.05 Å². The van der Waals surface area contributed by atoms with Gasteiger partial charge in [0.1, 0.15) is 10.6 Å². The molecule has 0 spiro atoms. The molecule has 2 aromatic heterocycles. The van der Waals surface area contributed by atoms with E-state index < -0.39 is 10.0 Å². The zero-order valence-electron chi connectivity index (χ0n) is 17.1. The van der Waals surface area contributed by atoms with Gasteiger partial charge in [-0.1, -0.05) is 30.3 Å². The monoisotopic (exact) mass is 438 g/mol. The molecule has 9 nitrogen and oxygen atoms in total. The summed E-state index contributed by atoms with van der Waals surface area (Å²) in [5.74, 6) is 1.27. The summed E-state index contributed by atoms with van der Waals surface area (Å²) in [7, 11) is -0.584. The van der Waals surface area contributed by atoms with Crippen molar-refractivity contribution in [2.75, 3.05) is 23.7 Å². The van der Waals surface area contributed by atoms with Gasteiger partial charge in [0, 0.05) is 19.8 Å². The summed E-state index contributed by atoms with van der Waals surface area (Å²) < 4.78 is 35.0. The van der Waals surface area contributed by atoms with Gasteiger partial charge in [0.25, 0.3) is 10.0 Å². The highest BCUT2D eigenvalue weighted by Gasteiger charge is 2.20. The molecule has 0 bridgehead atoms. The van der Waals surface area contributed by atoms with Gasteiger partial charge in [0.15, 0.2) is 11.6 Å². The van der Waals surface area contributed by atoms with Crippen LogP contribution in [-0.2, 0) is 23.5 Å². The first-order valence-corrected chi connectivity index (χ1v) is 11.1. The first-order valence-electron chi connectivity index (χ1n) is 9.60. The Morgan fingerprint density at radius 2 is 1.68 bits per heavy atom. The highest BCUT2D eigenvalue weighted by molar-refractivity contribution is 7.92. The van der Waals surface area contributed by atoms with Gasteiger partial charge >= 0.3 is 0 Å². The van der Waals surface area contributed by atoms with Crippen molar-refractivity contribution < 1.29 is 13.2 Å². The molecule has 160 valence electrons. The van der Waals surface area contributed by atoms with Gasteiger partial charge in [-0.2, -0.15) is 5.10 Å². The number of methoxy groups -OCH3 is 1. The van der Waals surface area contributed by atoms with Crippen LogP contribution in [0, 0.1) is 0 Å². The first-order chi connectivity index (χ1) is 15.0. The van der Waals surface area contributed by atoms with Crippen molar-refractivity contribution in [3.05, 3.63) is 66.5 Å². The number of aryl methyl sites for hydroxylation is 1. The van der Waals surface area contributed by atoms with Crippen LogP contribution in [0.2, 0.25) is 0 Å². The van der Waals surface area contributed by atoms with Crippen LogP contribution in [0.5, 0.6) is 5.75 Å². The van der Waals surface area contributed by atoms with E-state index in [0.29, 0.717) is 29.8 Å². The number of benzene rings is 2. The number of nitrogens with one attached hydrogen (secondary N) is 2. The lowest BCUT2D eigenvalue weighted by molar-refractivity contribution is 0.410. The number of fused-ring (bicyclic) bond motifs is 1. The lowest BCUT2D eigenvalue weighted by Gasteiger charge is -2.14. The highest BCUT2D eigenvalue weighted by Crippen LogP contribution is 2.25. The van der Waals surface area contributed by atoms with Gasteiger partial charge in [0.05, 0.1) is 24.3 Å². The average Bonchev–Trinajstić information content (AvgIpc) is 3.21. The van der Waals surface area contributed by atoms with E-state index in [1.165, 1.54) is 17.1 Å². The van der Waals surface area contributed by atoms with Crippen molar-refractivity contribution in [1.29, 1.82) is 0 Å². The Balaban J connectivity index is 1.62. The number of para-hydroxylation sites is 3. The van der Waals surface area contributed by atoms with E-state index in [-0.39, 0.29) is 10.7 Å². The molecule has 0 aliphatic carbocycles. The van der Waals surface area contributed by atoms with Crippen molar-refractivity contribution in [2.45, 2.75) is 11.3 Å². The molecule has 2 heterocycles. The third-order valence-corrected chi connectivity index (χ3v) is 5.97. The number of sulfonamides is 1. The third kappa shape index (κ3) is 4.58. The fourth-order valence-corrected chi connectivity index (χ4v) is 4.14. The van der Waals surface area contributed by atoms with E-state index in [4.69, 9.17) is 4.74 Å². The van der Waals surface area contributed by atoms with Gasteiger partial charge in [-0.15, -0.1) is 0 Å². The SMILES string of the molecule is COc1ccccc1CCNc1nc2ccccc2nc1NS(=O)(=O)c1cnn(C)c1. The Morgan fingerprint density at radius 1 is 1.00 bits per heavy atom. The summed E-state index contributed by atoms with van der Waals surface area (Å²) in [5, 5.41) is 7.14. The predicted molar refractivity (Wildman–Crippen MR) is 119 cm³/mol. The maximum Gasteiger partial charge on any atom is 0.266 e. The summed E-state index contributed by atoms with van der Waals surface area (Å²) in [6, 6.07) is 15.0. The van der Waals surface area contributed by atoms with E-state index in [9.17, 15) is 8.42 Å². The normalized spacial score (nSPS) is 11.4. The van der Waals surface area contributed by atoms with Gasteiger partial charge in [-0.05, 0) is 30.2 Å². The standard InChI is InChI=1S/C21H22N6O3S/c1-27-14-16(13-23-27)31(28,29)26-21-20(24-17-8-4-5-9-18(17)25-21)22-12-11-15-7-3-6-10-19(15)30-2/h3-10,13-14H,11-12H2,1-2H3,(H,22,24)(H,25,26). The van der Waals surface area contributed by atoms with Crippen molar-refractivity contribution in [1.82, 2.24) is 19.7 Å². The lowest BCUT2D eigenvalue weighted by atomic mass is 10.1. The number of ether oxygens (including phenoxy) is 1. The molecule has 0 aliphatic rings. The molecule has 0 saturated carbocycles. The van der Waals surface area contributed by atoms with Gasteiger partial charge in [-0.25, -0.2) is 18.4 Å². The molecule has 0 radical (unpaired) electrons. The third-order valence-electron chi connectivity index (χ3n) is 4.67. The smallest absolute Gasteiger partial charge is 0.266 e. The summed E-state index contributed by atoms with van der Waals surface area (Å²) in [6.07, 6.45) is 3.37. The van der Waals surface area contributed by atoms with Crippen LogP contribution < -0.4 is 14.8 Å². The van der Waals surface area contributed by atoms with E-state index in [2.05, 4.69) is 25.1 Å². The number of nitrogens with zero attached hydrogens (tertiary/aromatic N) is 4. The number of rotatable bonds is 8. The van der Waals surface area contributed by atoms with Crippen molar-refractivity contribution in [3.8, 4) is 5.75 Å². The Bertz CT molecular complexity index is 1320. The molecule has 0 fully saturated rings. The molecular formula is C21H22N6O3S. The van der Waals surface area contributed by atoms with Crippen LogP contribution in [0.1, 0.15) is 5.56 Å². The summed E-state index contributed by atoms with van der Waals surface area (Å²) in [5.41, 5.74) is 2.28. The summed E-state index contributed by atoms with van der Waals surface area (Å²) in [6.45, 7) is 0.509. The molecule has 10 heteroatoms. The quantitative estimate of drug-likeness (QED) is 0.435. The Hall–Kier alpha value is -3.66. The number of aromatic nitrogens is 4. The van der Waals surface area contributed by atoms with Crippen LogP contribution in [0.4, 0.5) is 11.6 Å². The van der Waals surface area contributed by atoms with Gasteiger partial charge in [0.2, 0.25) is 0 Å². The minimum absolute atomic E-state index is 0.0462. The van der Waals surface area contributed by atoms with E-state index in [0.717, 1.165) is 11.3 Å². The van der Waals surface area contributed by atoms with Crippen LogP contribution >= 0.6 is 0 Å². The van der Waals surface area contributed by atoms with Crippen molar-refractivity contribution in [3.63, 3.8) is 0 Å². The summed E-state index contributed by atoms with van der Waals surface area (Å²) >= 11 is 0. The summed E-state index contributed by atoms with van der Waals surface area (Å²) in [4.78, 5) is 9.11. The molecule has 4 rings (SSSR count). The maximum absolute atomic E-state index is 12.8. The van der Waals surface area contributed by atoms with Gasteiger partial charge < -0.3 is 10.1 Å². The van der Waals surface area contributed by atoms with E-state index >= 15 is 0 Å². The second-order valence-corrected chi connectivity index (χ2v) is 8.54. The lowest BCUT2D eigenvalue weighted by Crippen LogP contribution is -2.17. The Kier molecular flexibility index (Phi) is 5.72. The molecule has 2 N–H and O–H groups in total. The second kappa shape index (κ2) is 8.60. The molecular weight excluding hydrogens is 416 g/mol. The predicted octanol–water partition coefficient (Wildman–Crippen LogP) is 2.83. The second-order valence-electron chi connectivity index (χ2n) is 6.85. The first kappa shape index (κ1) is 20.6. The fraction of sp³-hybridized carbons (Fsp3) is 0.190. The van der Waals surface area contributed by atoms with E-state index in [1.807, 2.05) is 42.5 Å². The molecule has 0 amide bonds. The van der Waals surface area contributed by atoms with Gasteiger partial charge in [-0.3, -0.25) is 9.40 Å². The topological polar surface area (TPSA) is 111 Å². The van der Waals surface area contributed by atoms with Crippen LogP contribution in [-0.4, -0.2) is 41.8 Å². The molecule has 4 aromatic rings. The van der Waals surface area contributed by atoms with Crippen molar-refractivity contribution >= 4 is 32.7 Å². The Morgan fingerprint density at radius 3 is 2.35 bits per heavy atom. The molecule has 0 unspecified atom stereocenters. The zero-order valence-corrected chi connectivity index (χ0v) is 17.9. The zero-order chi connectivity index (χ0) is 21.8. The maximum atomic E-state index is 12.8.